The van der Waals surface area contributed by atoms with E-state index in [-0.39, 0.29) is 11.5 Å². The Morgan fingerprint density at radius 1 is 1.11 bits per heavy atom. The first-order chi connectivity index (χ1) is 13.6. The van der Waals surface area contributed by atoms with Crippen molar-refractivity contribution >= 4 is 22.5 Å². The van der Waals surface area contributed by atoms with Crippen LogP contribution in [0.2, 0.25) is 0 Å². The number of anilines is 1. The molecule has 1 amide bonds. The summed E-state index contributed by atoms with van der Waals surface area (Å²) in [5, 5.41) is 0.751. The monoisotopic (exact) mass is 377 g/mol. The van der Waals surface area contributed by atoms with Crippen molar-refractivity contribution in [2.75, 3.05) is 38.3 Å². The third-order valence-electron chi connectivity index (χ3n) is 5.06. The van der Waals surface area contributed by atoms with Crippen molar-refractivity contribution in [2.24, 2.45) is 0 Å². The third kappa shape index (κ3) is 3.77. The highest BCUT2D eigenvalue weighted by molar-refractivity contribution is 6.05. The number of rotatable bonds is 4. The highest BCUT2D eigenvalue weighted by Crippen LogP contribution is 2.19. The van der Waals surface area contributed by atoms with Crippen molar-refractivity contribution in [3.05, 3.63) is 76.1 Å². The van der Waals surface area contributed by atoms with Crippen LogP contribution in [-0.4, -0.2) is 49.1 Å². The highest BCUT2D eigenvalue weighted by Gasteiger charge is 2.17. The van der Waals surface area contributed by atoms with E-state index >= 15 is 0 Å². The number of ether oxygens (including phenoxy) is 1. The molecule has 2 aromatic carbocycles. The minimum Gasteiger partial charge on any atom is -0.378 e. The number of nitrogens with one attached hydrogen (secondary N) is 1. The van der Waals surface area contributed by atoms with E-state index in [0.29, 0.717) is 17.6 Å². The van der Waals surface area contributed by atoms with Crippen LogP contribution in [-0.2, 0) is 11.3 Å². The van der Waals surface area contributed by atoms with Gasteiger partial charge in [0.1, 0.15) is 0 Å². The molecule has 6 heteroatoms. The van der Waals surface area contributed by atoms with E-state index in [1.54, 1.807) is 18.0 Å². The van der Waals surface area contributed by atoms with Crippen LogP contribution >= 0.6 is 0 Å². The fourth-order valence-corrected chi connectivity index (χ4v) is 3.57. The highest BCUT2D eigenvalue weighted by atomic mass is 16.5. The number of hydrogen-bond acceptors (Lipinski definition) is 4. The number of benzene rings is 2. The van der Waals surface area contributed by atoms with Gasteiger partial charge in [0.05, 0.1) is 18.8 Å². The summed E-state index contributed by atoms with van der Waals surface area (Å²) >= 11 is 0. The SMILES string of the molecule is CN(Cc1ccc(N2CCOCC2)cc1)C(=O)c1cc(=O)[nH]c2ccccc12. The Hall–Kier alpha value is -3.12. The van der Waals surface area contributed by atoms with Crippen molar-refractivity contribution in [2.45, 2.75) is 6.54 Å². The second-order valence-corrected chi connectivity index (χ2v) is 7.02. The van der Waals surface area contributed by atoms with E-state index in [2.05, 4.69) is 22.0 Å². The zero-order chi connectivity index (χ0) is 19.5. The molecule has 1 saturated heterocycles. The lowest BCUT2D eigenvalue weighted by molar-refractivity contribution is 0.0787. The molecule has 0 saturated carbocycles. The third-order valence-corrected chi connectivity index (χ3v) is 5.06. The maximum absolute atomic E-state index is 13.0. The second kappa shape index (κ2) is 7.86. The van der Waals surface area contributed by atoms with Crippen LogP contribution in [0.5, 0.6) is 0 Å². The fourth-order valence-electron chi connectivity index (χ4n) is 3.57. The molecule has 1 aliphatic heterocycles. The van der Waals surface area contributed by atoms with Crippen molar-refractivity contribution < 1.29 is 9.53 Å². The lowest BCUT2D eigenvalue weighted by Crippen LogP contribution is -2.36. The molecule has 0 radical (unpaired) electrons. The number of amides is 1. The minimum atomic E-state index is -0.273. The van der Waals surface area contributed by atoms with Gasteiger partial charge in [0.2, 0.25) is 5.56 Å². The molecule has 1 N–H and O–H groups in total. The van der Waals surface area contributed by atoms with E-state index in [4.69, 9.17) is 4.74 Å². The Balaban J connectivity index is 1.51. The topological polar surface area (TPSA) is 65.6 Å². The van der Waals surface area contributed by atoms with Gasteiger partial charge in [-0.2, -0.15) is 0 Å². The Morgan fingerprint density at radius 2 is 1.82 bits per heavy atom. The minimum absolute atomic E-state index is 0.167. The molecule has 0 aliphatic carbocycles. The first-order valence-corrected chi connectivity index (χ1v) is 9.41. The van der Waals surface area contributed by atoms with E-state index in [1.165, 1.54) is 11.8 Å². The Labute approximate surface area is 163 Å². The Bertz CT molecular complexity index is 1040. The van der Waals surface area contributed by atoms with Crippen LogP contribution < -0.4 is 10.5 Å². The summed E-state index contributed by atoms with van der Waals surface area (Å²) in [5.74, 6) is -0.167. The molecule has 1 fully saturated rings. The van der Waals surface area contributed by atoms with Gasteiger partial charge in [0.15, 0.2) is 0 Å². The largest absolute Gasteiger partial charge is 0.378 e. The molecule has 2 heterocycles. The molecule has 28 heavy (non-hydrogen) atoms. The van der Waals surface area contributed by atoms with E-state index in [0.717, 1.165) is 37.3 Å². The van der Waals surface area contributed by atoms with Crippen molar-refractivity contribution in [3.8, 4) is 0 Å². The van der Waals surface area contributed by atoms with Gasteiger partial charge in [-0.05, 0) is 23.8 Å². The molecule has 4 rings (SSSR count). The molecule has 3 aromatic rings. The van der Waals surface area contributed by atoms with Gasteiger partial charge in [0, 0.05) is 49.3 Å². The van der Waals surface area contributed by atoms with Gasteiger partial charge in [0.25, 0.3) is 5.91 Å². The van der Waals surface area contributed by atoms with Crippen molar-refractivity contribution in [1.29, 1.82) is 0 Å². The quantitative estimate of drug-likeness (QED) is 0.759. The molecule has 0 unspecified atom stereocenters. The molecule has 6 nitrogen and oxygen atoms in total. The normalized spacial score (nSPS) is 14.2. The maximum Gasteiger partial charge on any atom is 0.254 e. The van der Waals surface area contributed by atoms with Gasteiger partial charge in [-0.25, -0.2) is 0 Å². The Morgan fingerprint density at radius 3 is 2.57 bits per heavy atom. The Kier molecular flexibility index (Phi) is 5.12. The smallest absolute Gasteiger partial charge is 0.254 e. The molecule has 0 bridgehead atoms. The zero-order valence-corrected chi connectivity index (χ0v) is 15.9. The van der Waals surface area contributed by atoms with Crippen LogP contribution in [0, 0.1) is 0 Å². The number of pyridine rings is 1. The lowest BCUT2D eigenvalue weighted by atomic mass is 10.1. The predicted octanol–water partition coefficient (Wildman–Crippen LogP) is 2.64. The summed E-state index contributed by atoms with van der Waals surface area (Å²) < 4.78 is 5.39. The number of carbonyl (C=O) groups is 1. The molecule has 0 atom stereocenters. The van der Waals surface area contributed by atoms with Crippen molar-refractivity contribution in [3.63, 3.8) is 0 Å². The van der Waals surface area contributed by atoms with Crippen LogP contribution in [0.4, 0.5) is 5.69 Å². The molecule has 144 valence electrons. The lowest BCUT2D eigenvalue weighted by Gasteiger charge is -2.29. The van der Waals surface area contributed by atoms with Gasteiger partial charge >= 0.3 is 0 Å². The first kappa shape index (κ1) is 18.3. The van der Waals surface area contributed by atoms with E-state index < -0.39 is 0 Å². The summed E-state index contributed by atoms with van der Waals surface area (Å²) in [6, 6.07) is 17.0. The average Bonchev–Trinajstić information content (AvgIpc) is 2.73. The standard InChI is InChI=1S/C22H23N3O3/c1-24(15-16-6-8-17(9-7-16)25-10-12-28-13-11-25)22(27)19-14-21(26)23-20-5-3-2-4-18(19)20/h2-9,14H,10-13,15H2,1H3,(H,23,26). The van der Waals surface area contributed by atoms with Gasteiger partial charge in [-0.1, -0.05) is 30.3 Å². The number of aromatic amines is 1. The van der Waals surface area contributed by atoms with Crippen molar-refractivity contribution in [1.82, 2.24) is 9.88 Å². The number of H-pyrrole nitrogens is 1. The van der Waals surface area contributed by atoms with E-state index in [1.807, 2.05) is 30.3 Å². The predicted molar refractivity (Wildman–Crippen MR) is 110 cm³/mol. The summed E-state index contributed by atoms with van der Waals surface area (Å²) in [7, 11) is 1.76. The number of aromatic nitrogens is 1. The summed E-state index contributed by atoms with van der Waals surface area (Å²) in [4.78, 5) is 31.6. The average molecular weight is 377 g/mol. The maximum atomic E-state index is 13.0. The van der Waals surface area contributed by atoms with Gasteiger partial charge < -0.3 is 19.5 Å². The number of fused-ring (bicyclic) bond motifs is 1. The summed E-state index contributed by atoms with van der Waals surface area (Å²) in [5.41, 5.74) is 3.03. The molecule has 0 spiro atoms. The number of nitrogens with zero attached hydrogens (tertiary/aromatic N) is 2. The molecule has 1 aromatic heterocycles. The van der Waals surface area contributed by atoms with Gasteiger partial charge in [-0.15, -0.1) is 0 Å². The van der Waals surface area contributed by atoms with Gasteiger partial charge in [-0.3, -0.25) is 9.59 Å². The molecular weight excluding hydrogens is 354 g/mol. The second-order valence-electron chi connectivity index (χ2n) is 7.02. The zero-order valence-electron chi connectivity index (χ0n) is 15.9. The van der Waals surface area contributed by atoms with Crippen LogP contribution in [0.3, 0.4) is 0 Å². The van der Waals surface area contributed by atoms with Crippen LogP contribution in [0.15, 0.2) is 59.4 Å². The number of carbonyl (C=O) groups excluding carboxylic acids is 1. The first-order valence-electron chi connectivity index (χ1n) is 9.41. The molecular formula is C22H23N3O3. The number of hydrogen-bond donors (Lipinski definition) is 1. The summed E-state index contributed by atoms with van der Waals surface area (Å²) in [6.07, 6.45) is 0. The van der Waals surface area contributed by atoms with Crippen LogP contribution in [0.1, 0.15) is 15.9 Å². The number of para-hydroxylation sites is 1. The van der Waals surface area contributed by atoms with E-state index in [9.17, 15) is 9.59 Å². The fraction of sp³-hybridized carbons (Fsp3) is 0.273. The van der Waals surface area contributed by atoms with Crippen LogP contribution in [0.25, 0.3) is 10.9 Å². The molecule has 1 aliphatic rings. The summed E-state index contributed by atoms with van der Waals surface area (Å²) in [6.45, 7) is 3.77. The number of morpholine rings is 1.